The van der Waals surface area contributed by atoms with E-state index in [9.17, 15) is 4.39 Å². The number of alkyl halides is 1. The highest BCUT2D eigenvalue weighted by Gasteiger charge is 2.22. The second kappa shape index (κ2) is 6.00. The lowest BCUT2D eigenvalue weighted by Crippen LogP contribution is -2.28. The van der Waals surface area contributed by atoms with Gasteiger partial charge in [-0.3, -0.25) is 0 Å². The SMILES string of the molecule is FC(Cc1ccccc1)C1CCCCNC1. The molecule has 1 nitrogen and oxygen atoms in total. The molecule has 0 spiro atoms. The van der Waals surface area contributed by atoms with Crippen molar-refractivity contribution in [3.05, 3.63) is 35.9 Å². The Hall–Kier alpha value is -0.890. The van der Waals surface area contributed by atoms with Crippen LogP contribution in [0, 0.1) is 5.92 Å². The molecule has 16 heavy (non-hydrogen) atoms. The van der Waals surface area contributed by atoms with E-state index in [-0.39, 0.29) is 5.92 Å². The Bertz CT molecular complexity index is 291. The van der Waals surface area contributed by atoms with Crippen molar-refractivity contribution >= 4 is 0 Å². The van der Waals surface area contributed by atoms with Crippen molar-refractivity contribution in [2.24, 2.45) is 5.92 Å². The maximum atomic E-state index is 14.1. The van der Waals surface area contributed by atoms with Gasteiger partial charge in [0.2, 0.25) is 0 Å². The van der Waals surface area contributed by atoms with E-state index < -0.39 is 6.17 Å². The van der Waals surface area contributed by atoms with Gasteiger partial charge in [0.05, 0.1) is 0 Å². The number of hydrogen-bond acceptors (Lipinski definition) is 1. The molecule has 2 unspecified atom stereocenters. The molecular weight excluding hydrogens is 201 g/mol. The molecule has 1 heterocycles. The third-order valence-electron chi connectivity index (χ3n) is 3.37. The van der Waals surface area contributed by atoms with E-state index in [4.69, 9.17) is 0 Å². The predicted molar refractivity (Wildman–Crippen MR) is 65.3 cm³/mol. The van der Waals surface area contributed by atoms with Gasteiger partial charge in [0.15, 0.2) is 0 Å². The second-order valence-electron chi connectivity index (χ2n) is 4.67. The summed E-state index contributed by atoms with van der Waals surface area (Å²) in [5.41, 5.74) is 1.11. The van der Waals surface area contributed by atoms with Crippen LogP contribution >= 0.6 is 0 Å². The second-order valence-corrected chi connectivity index (χ2v) is 4.67. The zero-order valence-electron chi connectivity index (χ0n) is 9.66. The van der Waals surface area contributed by atoms with E-state index in [0.29, 0.717) is 6.42 Å². The van der Waals surface area contributed by atoms with Gasteiger partial charge in [-0.25, -0.2) is 4.39 Å². The molecule has 0 amide bonds. The van der Waals surface area contributed by atoms with Crippen molar-refractivity contribution in [1.29, 1.82) is 0 Å². The predicted octanol–water partition coefficient (Wildman–Crippen LogP) is 2.96. The molecular formula is C14H20FN. The Kier molecular flexibility index (Phi) is 4.34. The molecule has 2 heteroatoms. The van der Waals surface area contributed by atoms with Crippen LogP contribution in [0.2, 0.25) is 0 Å². The molecule has 0 bridgehead atoms. The molecule has 2 rings (SSSR count). The Morgan fingerprint density at radius 3 is 2.88 bits per heavy atom. The minimum atomic E-state index is -0.701. The summed E-state index contributed by atoms with van der Waals surface area (Å²) in [4.78, 5) is 0. The molecule has 88 valence electrons. The van der Waals surface area contributed by atoms with Crippen LogP contribution in [0.25, 0.3) is 0 Å². The maximum absolute atomic E-state index is 14.1. The molecule has 0 radical (unpaired) electrons. The molecule has 1 N–H and O–H groups in total. The van der Waals surface area contributed by atoms with E-state index in [0.717, 1.165) is 31.5 Å². The molecule has 1 fully saturated rings. The largest absolute Gasteiger partial charge is 0.316 e. The fourth-order valence-electron chi connectivity index (χ4n) is 2.36. The molecule has 2 atom stereocenters. The third-order valence-corrected chi connectivity index (χ3v) is 3.37. The van der Waals surface area contributed by atoms with Crippen molar-refractivity contribution in [2.75, 3.05) is 13.1 Å². The van der Waals surface area contributed by atoms with Crippen LogP contribution in [-0.4, -0.2) is 19.3 Å². The minimum absolute atomic E-state index is 0.197. The number of hydrogen-bond donors (Lipinski definition) is 1. The number of nitrogens with one attached hydrogen (secondary N) is 1. The Morgan fingerprint density at radius 2 is 2.06 bits per heavy atom. The van der Waals surface area contributed by atoms with Crippen LogP contribution in [0.1, 0.15) is 24.8 Å². The quantitative estimate of drug-likeness (QED) is 0.827. The zero-order valence-corrected chi connectivity index (χ0v) is 9.66. The Balaban J connectivity index is 1.89. The summed E-state index contributed by atoms with van der Waals surface area (Å²) in [6.45, 7) is 1.89. The van der Waals surface area contributed by atoms with Crippen LogP contribution in [0.15, 0.2) is 30.3 Å². The van der Waals surface area contributed by atoms with Gasteiger partial charge >= 0.3 is 0 Å². The van der Waals surface area contributed by atoms with Gasteiger partial charge in [0, 0.05) is 18.9 Å². The summed E-state index contributed by atoms with van der Waals surface area (Å²) in [5, 5.41) is 3.32. The average Bonchev–Trinajstić information content (AvgIpc) is 2.59. The van der Waals surface area contributed by atoms with Crippen molar-refractivity contribution in [1.82, 2.24) is 5.32 Å². The summed E-state index contributed by atoms with van der Waals surface area (Å²) < 4.78 is 14.1. The fraction of sp³-hybridized carbons (Fsp3) is 0.571. The summed E-state index contributed by atoms with van der Waals surface area (Å²) >= 11 is 0. The van der Waals surface area contributed by atoms with Crippen LogP contribution in [0.4, 0.5) is 4.39 Å². The summed E-state index contributed by atoms with van der Waals surface area (Å²) in [7, 11) is 0. The van der Waals surface area contributed by atoms with Crippen LogP contribution in [0.3, 0.4) is 0 Å². The van der Waals surface area contributed by atoms with E-state index >= 15 is 0 Å². The van der Waals surface area contributed by atoms with Gasteiger partial charge < -0.3 is 5.32 Å². The van der Waals surface area contributed by atoms with Crippen molar-refractivity contribution in [3.8, 4) is 0 Å². The first kappa shape index (κ1) is 11.6. The summed E-state index contributed by atoms with van der Waals surface area (Å²) in [6, 6.07) is 9.96. The van der Waals surface area contributed by atoms with Gasteiger partial charge in [-0.05, 0) is 24.9 Å². The standard InChI is InChI=1S/C14H20FN/c15-14(10-12-6-2-1-3-7-12)13-8-4-5-9-16-11-13/h1-3,6-7,13-14,16H,4-5,8-11H2. The monoisotopic (exact) mass is 221 g/mol. The first-order chi connectivity index (χ1) is 7.86. The third kappa shape index (κ3) is 3.31. The van der Waals surface area contributed by atoms with Crippen LogP contribution in [0.5, 0.6) is 0 Å². The molecule has 1 aromatic carbocycles. The Morgan fingerprint density at radius 1 is 1.25 bits per heavy atom. The smallest absolute Gasteiger partial charge is 0.108 e. The lowest BCUT2D eigenvalue weighted by Gasteiger charge is -2.19. The highest BCUT2D eigenvalue weighted by Crippen LogP contribution is 2.20. The van der Waals surface area contributed by atoms with Crippen molar-refractivity contribution in [3.63, 3.8) is 0 Å². The van der Waals surface area contributed by atoms with E-state index in [1.165, 1.54) is 6.42 Å². The topological polar surface area (TPSA) is 12.0 Å². The van der Waals surface area contributed by atoms with E-state index in [1.54, 1.807) is 0 Å². The zero-order chi connectivity index (χ0) is 11.2. The van der Waals surface area contributed by atoms with Crippen molar-refractivity contribution in [2.45, 2.75) is 31.9 Å². The number of benzene rings is 1. The first-order valence-corrected chi connectivity index (χ1v) is 6.25. The molecule has 0 aromatic heterocycles. The number of rotatable bonds is 3. The van der Waals surface area contributed by atoms with E-state index in [1.807, 2.05) is 30.3 Å². The normalized spacial score (nSPS) is 23.7. The lowest BCUT2D eigenvalue weighted by molar-refractivity contribution is 0.216. The average molecular weight is 221 g/mol. The first-order valence-electron chi connectivity index (χ1n) is 6.25. The maximum Gasteiger partial charge on any atom is 0.108 e. The fourth-order valence-corrected chi connectivity index (χ4v) is 2.36. The Labute approximate surface area is 97.1 Å². The van der Waals surface area contributed by atoms with Gasteiger partial charge in [-0.1, -0.05) is 36.8 Å². The van der Waals surface area contributed by atoms with Crippen LogP contribution < -0.4 is 5.32 Å². The van der Waals surface area contributed by atoms with E-state index in [2.05, 4.69) is 5.32 Å². The van der Waals surface area contributed by atoms with Crippen molar-refractivity contribution < 1.29 is 4.39 Å². The van der Waals surface area contributed by atoms with Gasteiger partial charge in [-0.2, -0.15) is 0 Å². The molecule has 1 aromatic rings. The summed E-state index contributed by atoms with van der Waals surface area (Å²) in [6.07, 6.45) is 3.24. The van der Waals surface area contributed by atoms with Gasteiger partial charge in [0.1, 0.15) is 6.17 Å². The van der Waals surface area contributed by atoms with Gasteiger partial charge in [-0.15, -0.1) is 0 Å². The lowest BCUT2D eigenvalue weighted by atomic mass is 9.93. The molecule has 1 saturated heterocycles. The van der Waals surface area contributed by atoms with Gasteiger partial charge in [0.25, 0.3) is 0 Å². The molecule has 1 aliphatic rings. The minimum Gasteiger partial charge on any atom is -0.316 e. The highest BCUT2D eigenvalue weighted by molar-refractivity contribution is 5.15. The van der Waals surface area contributed by atoms with Crippen LogP contribution in [-0.2, 0) is 6.42 Å². The summed E-state index contributed by atoms with van der Waals surface area (Å²) in [5.74, 6) is 0.197. The highest BCUT2D eigenvalue weighted by atomic mass is 19.1. The number of halogens is 1. The molecule has 1 aliphatic heterocycles. The molecule has 0 saturated carbocycles. The molecule has 0 aliphatic carbocycles.